The third-order valence-corrected chi connectivity index (χ3v) is 1.26. The lowest BCUT2D eigenvalue weighted by Crippen LogP contribution is -1.88. The van der Waals surface area contributed by atoms with Gasteiger partial charge < -0.3 is 9.30 Å². The van der Waals surface area contributed by atoms with E-state index in [1.807, 2.05) is 24.6 Å². The second-order valence-corrected chi connectivity index (χ2v) is 1.79. The van der Waals surface area contributed by atoms with E-state index in [0.29, 0.717) is 13.3 Å². The molecule has 56 valence electrons. The molecule has 0 fully saturated rings. The van der Waals surface area contributed by atoms with Gasteiger partial charge in [-0.2, -0.15) is 0 Å². The molecule has 1 aliphatic heterocycles. The maximum absolute atomic E-state index is 5.06. The number of rotatable bonds is 0. The molecule has 2 heterocycles. The van der Waals surface area contributed by atoms with Gasteiger partial charge in [0.2, 0.25) is 0 Å². The minimum atomic E-state index is 0.674. The van der Waals surface area contributed by atoms with E-state index in [9.17, 15) is 0 Å². The van der Waals surface area contributed by atoms with Crippen LogP contribution in [0.1, 0.15) is 19.7 Å². The lowest BCUT2D eigenvalue weighted by Gasteiger charge is -1.86. The maximum atomic E-state index is 5.06. The summed E-state index contributed by atoms with van der Waals surface area (Å²) in [6.45, 7) is 5.35. The quantitative estimate of drug-likeness (QED) is 0.544. The molecule has 0 saturated carbocycles. The highest BCUT2D eigenvalue weighted by molar-refractivity contribution is 4.91. The molecule has 3 heteroatoms. The zero-order chi connectivity index (χ0) is 7.40. The molecule has 0 bridgehead atoms. The van der Waals surface area contributed by atoms with E-state index in [1.165, 1.54) is 0 Å². The Balaban J connectivity index is 0.000000231. The van der Waals surface area contributed by atoms with Crippen LogP contribution in [0, 0.1) is 0 Å². The predicted octanol–water partition coefficient (Wildman–Crippen LogP) is 1.40. The van der Waals surface area contributed by atoms with Crippen LogP contribution in [0.15, 0.2) is 12.4 Å². The van der Waals surface area contributed by atoms with Crippen LogP contribution < -0.4 is 0 Å². The first-order chi connectivity index (χ1) is 4.97. The summed E-state index contributed by atoms with van der Waals surface area (Å²) in [5, 5.41) is 0. The van der Waals surface area contributed by atoms with Crippen molar-refractivity contribution in [1.82, 2.24) is 9.55 Å². The van der Waals surface area contributed by atoms with E-state index >= 15 is 0 Å². The topological polar surface area (TPSA) is 27.1 Å². The van der Waals surface area contributed by atoms with Crippen molar-refractivity contribution in [2.45, 2.75) is 27.2 Å². The number of nitrogens with zero attached hydrogens (tertiary/aromatic N) is 2. The summed E-state index contributed by atoms with van der Waals surface area (Å²) in [5.74, 6) is 1.03. The van der Waals surface area contributed by atoms with Gasteiger partial charge in [0.05, 0.1) is 0 Å². The summed E-state index contributed by atoms with van der Waals surface area (Å²) in [5.41, 5.74) is 0. The van der Waals surface area contributed by atoms with Crippen molar-refractivity contribution in [2.75, 3.05) is 0 Å². The first kappa shape index (κ1) is 7.28. The van der Waals surface area contributed by atoms with Gasteiger partial charge in [0.25, 0.3) is 0 Å². The van der Waals surface area contributed by atoms with Gasteiger partial charge in [-0.3, -0.25) is 0 Å². The Morgan fingerprint density at radius 2 is 2.40 bits per heavy atom. The highest BCUT2D eigenvalue weighted by Crippen LogP contribution is 2.06. The van der Waals surface area contributed by atoms with E-state index < -0.39 is 0 Å². The Bertz CT molecular complexity index is 177. The predicted molar refractivity (Wildman–Crippen MR) is 38.4 cm³/mol. The number of ether oxygens (including phenoxy) is 1. The number of hydrogen-bond donors (Lipinski definition) is 0. The lowest BCUT2D eigenvalue weighted by molar-refractivity contribution is 0.108. The number of fused-ring (bicyclic) bond motifs is 1. The summed E-state index contributed by atoms with van der Waals surface area (Å²) in [4.78, 5) is 4.03. The standard InChI is InChI=1S/C5H6N2O.C2H6/c1-2-7-4-8-3-5(7)6-1;1-2/h1-2H,3-4H2;1-2H3. The van der Waals surface area contributed by atoms with Crippen LogP contribution in [-0.4, -0.2) is 9.55 Å². The van der Waals surface area contributed by atoms with Gasteiger partial charge in [0.1, 0.15) is 19.2 Å². The second-order valence-electron chi connectivity index (χ2n) is 1.79. The molecule has 10 heavy (non-hydrogen) atoms. The van der Waals surface area contributed by atoms with Crippen LogP contribution in [0.4, 0.5) is 0 Å². The largest absolute Gasteiger partial charge is 0.353 e. The van der Waals surface area contributed by atoms with Crippen molar-refractivity contribution >= 4 is 0 Å². The molecule has 0 aromatic carbocycles. The molecule has 0 radical (unpaired) electrons. The average Bonchev–Trinajstić information content (AvgIpc) is 2.49. The van der Waals surface area contributed by atoms with E-state index in [-0.39, 0.29) is 0 Å². The molecule has 0 spiro atoms. The van der Waals surface area contributed by atoms with Crippen LogP contribution in [-0.2, 0) is 18.1 Å². The molecule has 1 aromatic heterocycles. The average molecular weight is 140 g/mol. The number of aromatic nitrogens is 2. The molecule has 0 saturated heterocycles. The number of imidazole rings is 1. The second kappa shape index (κ2) is 3.37. The van der Waals surface area contributed by atoms with Crippen LogP contribution >= 0.6 is 0 Å². The first-order valence-corrected chi connectivity index (χ1v) is 3.54. The van der Waals surface area contributed by atoms with Crippen molar-refractivity contribution in [1.29, 1.82) is 0 Å². The van der Waals surface area contributed by atoms with Crippen LogP contribution in [0.5, 0.6) is 0 Å². The van der Waals surface area contributed by atoms with Gasteiger partial charge >= 0.3 is 0 Å². The Morgan fingerprint density at radius 1 is 1.60 bits per heavy atom. The molecule has 3 nitrogen and oxygen atoms in total. The molecule has 2 rings (SSSR count). The highest BCUT2D eigenvalue weighted by Gasteiger charge is 2.08. The molecule has 0 unspecified atom stereocenters. The van der Waals surface area contributed by atoms with Crippen molar-refractivity contribution in [3.05, 3.63) is 18.2 Å². The summed E-state index contributed by atoms with van der Waals surface area (Å²) >= 11 is 0. The van der Waals surface area contributed by atoms with Crippen molar-refractivity contribution in [3.63, 3.8) is 0 Å². The first-order valence-electron chi connectivity index (χ1n) is 3.54. The van der Waals surface area contributed by atoms with E-state index in [4.69, 9.17) is 4.74 Å². The SMILES string of the molecule is CC.c1cn2c(n1)COC2. The number of hydrogen-bond acceptors (Lipinski definition) is 2. The van der Waals surface area contributed by atoms with E-state index in [2.05, 4.69) is 4.98 Å². The molecular weight excluding hydrogens is 128 g/mol. The van der Waals surface area contributed by atoms with Crippen LogP contribution in [0.25, 0.3) is 0 Å². The third-order valence-electron chi connectivity index (χ3n) is 1.26. The normalized spacial score (nSPS) is 13.8. The fourth-order valence-corrected chi connectivity index (χ4v) is 0.833. The van der Waals surface area contributed by atoms with E-state index in [0.717, 1.165) is 5.82 Å². The van der Waals surface area contributed by atoms with Crippen LogP contribution in [0.3, 0.4) is 0 Å². The van der Waals surface area contributed by atoms with Gasteiger partial charge in [-0.05, 0) is 0 Å². The molecule has 0 atom stereocenters. The van der Waals surface area contributed by atoms with Gasteiger partial charge in [-0.15, -0.1) is 0 Å². The molecule has 1 aliphatic rings. The summed E-state index contributed by atoms with van der Waals surface area (Å²) in [6.07, 6.45) is 3.71. The lowest BCUT2D eigenvalue weighted by atomic mass is 10.7. The maximum Gasteiger partial charge on any atom is 0.136 e. The zero-order valence-corrected chi connectivity index (χ0v) is 6.37. The van der Waals surface area contributed by atoms with Gasteiger partial charge in [0, 0.05) is 12.4 Å². The van der Waals surface area contributed by atoms with Crippen molar-refractivity contribution in [2.24, 2.45) is 0 Å². The molecule has 0 N–H and O–H groups in total. The minimum absolute atomic E-state index is 0.674. The fourth-order valence-electron chi connectivity index (χ4n) is 0.833. The third kappa shape index (κ3) is 1.19. The van der Waals surface area contributed by atoms with Gasteiger partial charge in [0.15, 0.2) is 0 Å². The molecule has 1 aromatic rings. The minimum Gasteiger partial charge on any atom is -0.353 e. The zero-order valence-electron chi connectivity index (χ0n) is 6.37. The Hall–Kier alpha value is -0.830. The van der Waals surface area contributed by atoms with Gasteiger partial charge in [-0.25, -0.2) is 4.98 Å². The monoisotopic (exact) mass is 140 g/mol. The smallest absolute Gasteiger partial charge is 0.136 e. The summed E-state index contributed by atoms with van der Waals surface area (Å²) in [7, 11) is 0. The summed E-state index contributed by atoms with van der Waals surface area (Å²) in [6, 6.07) is 0. The Labute approximate surface area is 60.6 Å². The molecule has 0 aliphatic carbocycles. The van der Waals surface area contributed by atoms with E-state index in [1.54, 1.807) is 6.20 Å². The Kier molecular flexibility index (Phi) is 2.45. The molecular formula is C7H12N2O. The highest BCUT2D eigenvalue weighted by atomic mass is 16.5. The molecule has 0 amide bonds. The Morgan fingerprint density at radius 3 is 3.10 bits per heavy atom. The van der Waals surface area contributed by atoms with Crippen molar-refractivity contribution in [3.8, 4) is 0 Å². The van der Waals surface area contributed by atoms with Gasteiger partial charge in [-0.1, -0.05) is 13.8 Å². The van der Waals surface area contributed by atoms with Crippen LogP contribution in [0.2, 0.25) is 0 Å². The summed E-state index contributed by atoms with van der Waals surface area (Å²) < 4.78 is 7.04. The fraction of sp³-hybridized carbons (Fsp3) is 0.571. The van der Waals surface area contributed by atoms with Crippen molar-refractivity contribution < 1.29 is 4.74 Å².